The van der Waals surface area contributed by atoms with Crippen molar-refractivity contribution in [2.45, 2.75) is 58.2 Å². The molecule has 1 atom stereocenters. The average Bonchev–Trinajstić information content (AvgIpc) is 3.30. The molecule has 7 heteroatoms. The standard InChI is InChI=1S/C25H31ClN2O4/c1-17-13-22(11-12-23(17)26)32-16-24(29)28(15-19-7-6-10-21(14-19)31-3)18(2)25(30)27-20-8-4-5-9-20/h6-7,10-14,18,20H,4-5,8-9,15-16H2,1-3H3,(H,27,30). The maximum atomic E-state index is 13.2. The number of hydrogen-bond acceptors (Lipinski definition) is 4. The van der Waals surface area contributed by atoms with Crippen LogP contribution in [-0.4, -0.2) is 42.5 Å². The molecule has 0 bridgehead atoms. The van der Waals surface area contributed by atoms with Crippen LogP contribution in [0.2, 0.25) is 5.02 Å². The van der Waals surface area contributed by atoms with E-state index in [0.717, 1.165) is 36.8 Å². The number of benzene rings is 2. The molecule has 1 unspecified atom stereocenters. The van der Waals surface area contributed by atoms with Crippen molar-refractivity contribution in [3.63, 3.8) is 0 Å². The second kappa shape index (κ2) is 11.2. The van der Waals surface area contributed by atoms with Gasteiger partial charge in [0.2, 0.25) is 5.91 Å². The molecule has 2 amide bonds. The van der Waals surface area contributed by atoms with E-state index in [4.69, 9.17) is 21.1 Å². The third kappa shape index (κ3) is 6.39. The van der Waals surface area contributed by atoms with Crippen molar-refractivity contribution >= 4 is 23.4 Å². The Balaban J connectivity index is 1.73. The number of nitrogens with one attached hydrogen (secondary N) is 1. The van der Waals surface area contributed by atoms with Crippen molar-refractivity contribution in [2.24, 2.45) is 0 Å². The Morgan fingerprint density at radius 1 is 1.16 bits per heavy atom. The molecule has 6 nitrogen and oxygen atoms in total. The minimum absolute atomic E-state index is 0.143. The van der Waals surface area contributed by atoms with Gasteiger partial charge >= 0.3 is 0 Å². The highest BCUT2D eigenvalue weighted by Gasteiger charge is 2.28. The number of rotatable bonds is 9. The van der Waals surface area contributed by atoms with Gasteiger partial charge in [0.1, 0.15) is 17.5 Å². The van der Waals surface area contributed by atoms with E-state index >= 15 is 0 Å². The normalized spacial score (nSPS) is 14.6. The molecule has 1 fully saturated rings. The second-order valence-electron chi connectivity index (χ2n) is 8.24. The first kappa shape index (κ1) is 23.9. The van der Waals surface area contributed by atoms with E-state index in [0.29, 0.717) is 16.5 Å². The Kier molecular flexibility index (Phi) is 8.39. The Hall–Kier alpha value is -2.73. The van der Waals surface area contributed by atoms with E-state index in [1.165, 1.54) is 0 Å². The topological polar surface area (TPSA) is 67.9 Å². The summed E-state index contributed by atoms with van der Waals surface area (Å²) < 4.78 is 11.0. The van der Waals surface area contributed by atoms with Crippen LogP contribution < -0.4 is 14.8 Å². The number of amides is 2. The lowest BCUT2D eigenvalue weighted by Gasteiger charge is -2.29. The average molecular weight is 459 g/mol. The molecule has 0 aliphatic heterocycles. The van der Waals surface area contributed by atoms with E-state index in [9.17, 15) is 9.59 Å². The minimum atomic E-state index is -0.634. The van der Waals surface area contributed by atoms with Crippen LogP contribution in [0.25, 0.3) is 0 Å². The highest BCUT2D eigenvalue weighted by Crippen LogP contribution is 2.22. The predicted octanol–water partition coefficient (Wildman–Crippen LogP) is 4.51. The van der Waals surface area contributed by atoms with E-state index in [1.807, 2.05) is 31.2 Å². The molecule has 0 radical (unpaired) electrons. The predicted molar refractivity (Wildman–Crippen MR) is 125 cm³/mol. The van der Waals surface area contributed by atoms with Crippen LogP contribution in [-0.2, 0) is 16.1 Å². The molecular formula is C25H31ClN2O4. The molecule has 1 N–H and O–H groups in total. The zero-order valence-electron chi connectivity index (χ0n) is 18.9. The Morgan fingerprint density at radius 3 is 2.59 bits per heavy atom. The zero-order valence-corrected chi connectivity index (χ0v) is 19.7. The van der Waals surface area contributed by atoms with Gasteiger partial charge in [-0.1, -0.05) is 36.6 Å². The van der Waals surface area contributed by atoms with Crippen molar-refractivity contribution < 1.29 is 19.1 Å². The first-order chi connectivity index (χ1) is 15.4. The largest absolute Gasteiger partial charge is 0.497 e. The lowest BCUT2D eigenvalue weighted by molar-refractivity contribution is -0.142. The molecular weight excluding hydrogens is 428 g/mol. The highest BCUT2D eigenvalue weighted by atomic mass is 35.5. The number of hydrogen-bond donors (Lipinski definition) is 1. The summed E-state index contributed by atoms with van der Waals surface area (Å²) in [4.78, 5) is 27.7. The van der Waals surface area contributed by atoms with Crippen LogP contribution in [0.1, 0.15) is 43.7 Å². The number of ether oxygens (including phenoxy) is 2. The van der Waals surface area contributed by atoms with Crippen molar-refractivity contribution in [3.05, 3.63) is 58.6 Å². The van der Waals surface area contributed by atoms with Gasteiger partial charge in [0.05, 0.1) is 7.11 Å². The fourth-order valence-electron chi connectivity index (χ4n) is 3.88. The minimum Gasteiger partial charge on any atom is -0.497 e. The summed E-state index contributed by atoms with van der Waals surface area (Å²) in [5.41, 5.74) is 1.75. The third-order valence-corrected chi connectivity index (χ3v) is 6.27. The number of methoxy groups -OCH3 is 1. The molecule has 1 saturated carbocycles. The maximum Gasteiger partial charge on any atom is 0.261 e. The highest BCUT2D eigenvalue weighted by molar-refractivity contribution is 6.31. The summed E-state index contributed by atoms with van der Waals surface area (Å²) in [7, 11) is 1.60. The van der Waals surface area contributed by atoms with E-state index < -0.39 is 6.04 Å². The number of nitrogens with zero attached hydrogens (tertiary/aromatic N) is 1. The Morgan fingerprint density at radius 2 is 1.91 bits per heavy atom. The molecule has 0 aromatic heterocycles. The molecule has 172 valence electrons. The quantitative estimate of drug-likeness (QED) is 0.600. The number of carbonyl (C=O) groups is 2. The monoisotopic (exact) mass is 458 g/mol. The SMILES string of the molecule is COc1cccc(CN(C(=O)COc2ccc(Cl)c(C)c2)C(C)C(=O)NC2CCCC2)c1. The smallest absolute Gasteiger partial charge is 0.261 e. The molecule has 0 spiro atoms. The number of halogens is 1. The second-order valence-corrected chi connectivity index (χ2v) is 8.65. The molecule has 2 aromatic carbocycles. The summed E-state index contributed by atoms with van der Waals surface area (Å²) in [5, 5.41) is 3.74. The van der Waals surface area contributed by atoms with Crippen LogP contribution >= 0.6 is 11.6 Å². The molecule has 1 aliphatic rings. The molecule has 1 aliphatic carbocycles. The van der Waals surface area contributed by atoms with Gasteiger partial charge < -0.3 is 19.7 Å². The van der Waals surface area contributed by atoms with Gasteiger partial charge in [-0.25, -0.2) is 0 Å². The van der Waals surface area contributed by atoms with Gasteiger partial charge in [0.15, 0.2) is 6.61 Å². The summed E-state index contributed by atoms with van der Waals surface area (Å²) in [6, 6.07) is 12.3. The van der Waals surface area contributed by atoms with Gasteiger partial charge in [-0.3, -0.25) is 9.59 Å². The first-order valence-corrected chi connectivity index (χ1v) is 11.4. The third-order valence-electron chi connectivity index (χ3n) is 5.85. The molecule has 32 heavy (non-hydrogen) atoms. The van der Waals surface area contributed by atoms with Crippen LogP contribution in [0.5, 0.6) is 11.5 Å². The van der Waals surface area contributed by atoms with Crippen molar-refractivity contribution in [2.75, 3.05) is 13.7 Å². The Bertz CT molecular complexity index is 943. The number of carbonyl (C=O) groups excluding carboxylic acids is 2. The number of aryl methyl sites for hydroxylation is 1. The van der Waals surface area contributed by atoms with Crippen molar-refractivity contribution in [1.29, 1.82) is 0 Å². The van der Waals surface area contributed by atoms with Crippen molar-refractivity contribution in [1.82, 2.24) is 10.2 Å². The van der Waals surface area contributed by atoms with Gasteiger partial charge in [-0.15, -0.1) is 0 Å². The van der Waals surface area contributed by atoms with Gasteiger partial charge in [0, 0.05) is 17.6 Å². The van der Waals surface area contributed by atoms with Crippen LogP contribution in [0, 0.1) is 6.92 Å². The first-order valence-electron chi connectivity index (χ1n) is 11.0. The van der Waals surface area contributed by atoms with Crippen LogP contribution in [0.15, 0.2) is 42.5 Å². The Labute approximate surface area is 194 Å². The van der Waals surface area contributed by atoms with Crippen molar-refractivity contribution in [3.8, 4) is 11.5 Å². The zero-order chi connectivity index (χ0) is 23.1. The van der Waals surface area contributed by atoms with Gasteiger partial charge in [0.25, 0.3) is 5.91 Å². The summed E-state index contributed by atoms with van der Waals surface area (Å²) in [6.45, 7) is 3.74. The molecule has 0 heterocycles. The van der Waals surface area contributed by atoms with Crippen LogP contribution in [0.4, 0.5) is 0 Å². The van der Waals surface area contributed by atoms with Gasteiger partial charge in [-0.05, 0) is 68.1 Å². The molecule has 3 rings (SSSR count). The fraction of sp³-hybridized carbons (Fsp3) is 0.440. The van der Waals surface area contributed by atoms with E-state index in [-0.39, 0.29) is 31.0 Å². The summed E-state index contributed by atoms with van der Waals surface area (Å²) >= 11 is 6.07. The van der Waals surface area contributed by atoms with E-state index in [1.54, 1.807) is 37.1 Å². The molecule has 0 saturated heterocycles. The summed E-state index contributed by atoms with van der Waals surface area (Å²) in [6.07, 6.45) is 4.23. The lowest BCUT2D eigenvalue weighted by Crippen LogP contribution is -2.50. The summed E-state index contributed by atoms with van der Waals surface area (Å²) in [5.74, 6) is 0.848. The maximum absolute atomic E-state index is 13.2. The van der Waals surface area contributed by atoms with E-state index in [2.05, 4.69) is 5.32 Å². The fourth-order valence-corrected chi connectivity index (χ4v) is 3.99. The molecule has 2 aromatic rings. The van der Waals surface area contributed by atoms with Gasteiger partial charge in [-0.2, -0.15) is 0 Å². The lowest BCUT2D eigenvalue weighted by atomic mass is 10.1. The van der Waals surface area contributed by atoms with Crippen LogP contribution in [0.3, 0.4) is 0 Å².